The van der Waals surface area contributed by atoms with Gasteiger partial charge in [0.15, 0.2) is 0 Å². The minimum absolute atomic E-state index is 0.633. The minimum atomic E-state index is -0.948. The maximum absolute atomic E-state index is 10.4. The van der Waals surface area contributed by atoms with E-state index in [0.29, 0.717) is 5.92 Å². The highest BCUT2D eigenvalue weighted by atomic mass is 16.4. The maximum Gasteiger partial charge on any atom is 0.328 e. The van der Waals surface area contributed by atoms with Crippen molar-refractivity contribution in [2.45, 2.75) is 27.2 Å². The third-order valence-corrected chi connectivity index (χ3v) is 3.12. The quantitative estimate of drug-likeness (QED) is 0.767. The second-order valence-electron chi connectivity index (χ2n) is 4.67. The van der Waals surface area contributed by atoms with Crippen LogP contribution in [0.1, 0.15) is 32.8 Å². The summed E-state index contributed by atoms with van der Waals surface area (Å²) in [6.07, 6.45) is 5.52. The summed E-state index contributed by atoms with van der Waals surface area (Å²) in [5.41, 5.74) is 0.797. The van der Waals surface area contributed by atoms with Crippen molar-refractivity contribution in [3.63, 3.8) is 0 Å². The van der Waals surface area contributed by atoms with E-state index in [-0.39, 0.29) is 0 Å². The minimum Gasteiger partial charge on any atom is -0.478 e. The first kappa shape index (κ1) is 15.2. The van der Waals surface area contributed by atoms with Gasteiger partial charge in [-0.25, -0.2) is 9.78 Å². The summed E-state index contributed by atoms with van der Waals surface area (Å²) in [5.74, 6) is 0.625. The molecule has 0 aromatic carbocycles. The Morgan fingerprint density at radius 2 is 2.21 bits per heavy atom. The number of hydrogen-bond acceptors (Lipinski definition) is 3. The molecular formula is C15H22N2O2. The molecule has 4 nitrogen and oxygen atoms in total. The summed E-state index contributed by atoms with van der Waals surface area (Å²) in [4.78, 5) is 17.1. The summed E-state index contributed by atoms with van der Waals surface area (Å²) >= 11 is 0. The first-order valence-electron chi connectivity index (χ1n) is 6.68. The van der Waals surface area contributed by atoms with E-state index in [9.17, 15) is 4.79 Å². The second-order valence-corrected chi connectivity index (χ2v) is 4.67. The van der Waals surface area contributed by atoms with Crippen LogP contribution in [0.3, 0.4) is 0 Å². The van der Waals surface area contributed by atoms with E-state index in [1.807, 2.05) is 12.1 Å². The normalized spacial score (nSPS) is 12.6. The Bertz CT molecular complexity index is 426. The number of nitrogens with zero attached hydrogens (tertiary/aromatic N) is 2. The lowest BCUT2D eigenvalue weighted by atomic mass is 10.1. The lowest BCUT2D eigenvalue weighted by molar-refractivity contribution is -0.131. The van der Waals surface area contributed by atoms with Gasteiger partial charge in [-0.2, -0.15) is 0 Å². The van der Waals surface area contributed by atoms with Crippen molar-refractivity contribution < 1.29 is 9.90 Å². The number of carbonyl (C=O) groups is 1. The van der Waals surface area contributed by atoms with Crippen LogP contribution in [-0.2, 0) is 4.79 Å². The Kier molecular flexibility index (Phi) is 6.06. The zero-order valence-corrected chi connectivity index (χ0v) is 11.8. The standard InChI is InChI=1S/C15H22N2O2/c1-4-12(3)11-17(5-2)14-8-6-13(10-16-14)7-9-15(18)19/h6-10,12H,4-5,11H2,1-3H3,(H,18,19)/b9-7+. The fourth-order valence-electron chi connectivity index (χ4n) is 1.74. The summed E-state index contributed by atoms with van der Waals surface area (Å²) in [7, 11) is 0. The molecule has 1 rings (SSSR count). The van der Waals surface area contributed by atoms with E-state index in [0.717, 1.165) is 37.0 Å². The van der Waals surface area contributed by atoms with Gasteiger partial charge in [-0.05, 0) is 36.6 Å². The van der Waals surface area contributed by atoms with Crippen LogP contribution in [0.25, 0.3) is 6.08 Å². The number of hydrogen-bond donors (Lipinski definition) is 1. The third-order valence-electron chi connectivity index (χ3n) is 3.12. The van der Waals surface area contributed by atoms with E-state index in [4.69, 9.17) is 5.11 Å². The van der Waals surface area contributed by atoms with Gasteiger partial charge in [-0.1, -0.05) is 20.3 Å². The third kappa shape index (κ3) is 5.12. The highest BCUT2D eigenvalue weighted by Crippen LogP contribution is 2.15. The molecule has 19 heavy (non-hydrogen) atoms. The van der Waals surface area contributed by atoms with Crippen molar-refractivity contribution in [1.82, 2.24) is 4.98 Å². The van der Waals surface area contributed by atoms with Gasteiger partial charge in [0, 0.05) is 25.4 Å². The van der Waals surface area contributed by atoms with Gasteiger partial charge >= 0.3 is 5.97 Å². The van der Waals surface area contributed by atoms with Gasteiger partial charge in [-0.15, -0.1) is 0 Å². The number of pyridine rings is 1. The van der Waals surface area contributed by atoms with Crippen molar-refractivity contribution in [2.75, 3.05) is 18.0 Å². The Labute approximate surface area is 114 Å². The predicted molar refractivity (Wildman–Crippen MR) is 78.2 cm³/mol. The zero-order chi connectivity index (χ0) is 14.3. The highest BCUT2D eigenvalue weighted by Gasteiger charge is 2.09. The molecule has 1 atom stereocenters. The molecule has 0 bridgehead atoms. The van der Waals surface area contributed by atoms with Crippen LogP contribution in [-0.4, -0.2) is 29.1 Å². The van der Waals surface area contributed by atoms with Crippen molar-refractivity contribution in [1.29, 1.82) is 0 Å². The monoisotopic (exact) mass is 262 g/mol. The molecule has 0 aliphatic heterocycles. The maximum atomic E-state index is 10.4. The molecule has 1 aromatic rings. The van der Waals surface area contributed by atoms with Crippen LogP contribution in [0.4, 0.5) is 5.82 Å². The van der Waals surface area contributed by atoms with Crippen LogP contribution in [0.15, 0.2) is 24.4 Å². The molecule has 0 saturated carbocycles. The van der Waals surface area contributed by atoms with Gasteiger partial charge in [0.2, 0.25) is 0 Å². The first-order chi connectivity index (χ1) is 9.06. The fraction of sp³-hybridized carbons (Fsp3) is 0.467. The van der Waals surface area contributed by atoms with E-state index in [1.54, 1.807) is 12.3 Å². The number of anilines is 1. The number of aliphatic carboxylic acids is 1. The molecule has 0 aliphatic carbocycles. The van der Waals surface area contributed by atoms with Crippen LogP contribution >= 0.6 is 0 Å². The Morgan fingerprint density at radius 1 is 1.47 bits per heavy atom. The molecule has 1 N–H and O–H groups in total. The molecule has 1 unspecified atom stereocenters. The number of carboxylic acid groups (broad SMARTS) is 1. The molecule has 0 saturated heterocycles. The summed E-state index contributed by atoms with van der Waals surface area (Å²) < 4.78 is 0. The Hall–Kier alpha value is -1.84. The molecule has 0 spiro atoms. The molecule has 1 heterocycles. The first-order valence-corrected chi connectivity index (χ1v) is 6.68. The van der Waals surface area contributed by atoms with Crippen molar-refractivity contribution in [3.8, 4) is 0 Å². The summed E-state index contributed by atoms with van der Waals surface area (Å²) in [5, 5.41) is 8.57. The topological polar surface area (TPSA) is 53.4 Å². The fourth-order valence-corrected chi connectivity index (χ4v) is 1.74. The lowest BCUT2D eigenvalue weighted by Crippen LogP contribution is -2.28. The average molecular weight is 262 g/mol. The predicted octanol–water partition coefficient (Wildman–Crippen LogP) is 3.05. The van der Waals surface area contributed by atoms with Crippen LogP contribution < -0.4 is 4.90 Å². The van der Waals surface area contributed by atoms with E-state index < -0.39 is 5.97 Å². The average Bonchev–Trinajstić information content (AvgIpc) is 2.42. The highest BCUT2D eigenvalue weighted by molar-refractivity contribution is 5.85. The van der Waals surface area contributed by atoms with Crippen molar-refractivity contribution in [2.24, 2.45) is 5.92 Å². The Balaban J connectivity index is 2.75. The lowest BCUT2D eigenvalue weighted by Gasteiger charge is -2.25. The molecular weight excluding hydrogens is 240 g/mol. The smallest absolute Gasteiger partial charge is 0.328 e. The molecule has 0 amide bonds. The molecule has 104 valence electrons. The van der Waals surface area contributed by atoms with Gasteiger partial charge in [0.05, 0.1) is 0 Å². The molecule has 0 radical (unpaired) electrons. The van der Waals surface area contributed by atoms with Crippen molar-refractivity contribution in [3.05, 3.63) is 30.0 Å². The van der Waals surface area contributed by atoms with Crippen LogP contribution in [0, 0.1) is 5.92 Å². The van der Waals surface area contributed by atoms with E-state index in [1.165, 1.54) is 0 Å². The van der Waals surface area contributed by atoms with Crippen LogP contribution in [0.5, 0.6) is 0 Å². The van der Waals surface area contributed by atoms with Gasteiger partial charge in [0.25, 0.3) is 0 Å². The second kappa shape index (κ2) is 7.56. The number of aromatic nitrogens is 1. The molecule has 4 heteroatoms. The van der Waals surface area contributed by atoms with Gasteiger partial charge in [0.1, 0.15) is 5.82 Å². The Morgan fingerprint density at radius 3 is 2.68 bits per heavy atom. The molecule has 0 aliphatic rings. The largest absolute Gasteiger partial charge is 0.478 e. The summed E-state index contributed by atoms with van der Waals surface area (Å²) in [6, 6.07) is 3.83. The number of rotatable bonds is 7. The van der Waals surface area contributed by atoms with Crippen molar-refractivity contribution >= 4 is 17.9 Å². The molecule has 0 fully saturated rings. The molecule has 1 aromatic heterocycles. The zero-order valence-electron chi connectivity index (χ0n) is 11.8. The van der Waals surface area contributed by atoms with E-state index in [2.05, 4.69) is 30.7 Å². The summed E-state index contributed by atoms with van der Waals surface area (Å²) in [6.45, 7) is 8.44. The SMILES string of the molecule is CCC(C)CN(CC)c1ccc(/C=C/C(=O)O)cn1. The number of carboxylic acids is 1. The van der Waals surface area contributed by atoms with Gasteiger partial charge < -0.3 is 10.0 Å². The van der Waals surface area contributed by atoms with Crippen LogP contribution in [0.2, 0.25) is 0 Å². The van der Waals surface area contributed by atoms with E-state index >= 15 is 0 Å². The van der Waals surface area contributed by atoms with Gasteiger partial charge in [-0.3, -0.25) is 0 Å².